The number of hydrogen-bond acceptors (Lipinski definition) is 3. The Labute approximate surface area is 175 Å². The van der Waals surface area contributed by atoms with E-state index in [1.807, 2.05) is 24.8 Å². The van der Waals surface area contributed by atoms with Crippen LogP contribution in [0, 0.1) is 0 Å². The number of alkyl halides is 3. The van der Waals surface area contributed by atoms with Crippen LogP contribution in [0.15, 0.2) is 66.0 Å². The summed E-state index contributed by atoms with van der Waals surface area (Å²) < 4.78 is 39.2. The highest BCUT2D eigenvalue weighted by Gasteiger charge is 2.30. The second kappa shape index (κ2) is 10.7. The predicted molar refractivity (Wildman–Crippen MR) is 114 cm³/mol. The summed E-state index contributed by atoms with van der Waals surface area (Å²) in [6.45, 7) is 9.45. The van der Waals surface area contributed by atoms with E-state index in [4.69, 9.17) is 0 Å². The topological polar surface area (TPSA) is 47.9 Å². The third kappa shape index (κ3) is 6.23. The van der Waals surface area contributed by atoms with E-state index < -0.39 is 11.7 Å². The number of halogens is 3. The number of carbonyl (C=O) groups is 1. The molecule has 0 saturated carbocycles. The largest absolute Gasteiger partial charge is 0.416 e. The summed E-state index contributed by atoms with van der Waals surface area (Å²) in [4.78, 5) is 20.1. The Morgan fingerprint density at radius 2 is 1.90 bits per heavy atom. The molecule has 0 spiro atoms. The molecule has 8 heteroatoms. The van der Waals surface area contributed by atoms with Crippen LogP contribution in [0.4, 0.5) is 18.9 Å². The van der Waals surface area contributed by atoms with Crippen molar-refractivity contribution < 1.29 is 18.0 Å². The molecule has 0 atom stereocenters. The summed E-state index contributed by atoms with van der Waals surface area (Å²) >= 11 is 0. The average Bonchev–Trinajstić information content (AvgIpc) is 2.73. The minimum atomic E-state index is -4.41. The number of piperazine rings is 1. The van der Waals surface area contributed by atoms with E-state index in [0.29, 0.717) is 49.8 Å². The van der Waals surface area contributed by atoms with Gasteiger partial charge in [-0.1, -0.05) is 31.7 Å². The number of amidine groups is 1. The first-order chi connectivity index (χ1) is 14.3. The molecule has 1 amide bonds. The minimum Gasteiger partial charge on any atom is -0.353 e. The molecule has 0 bridgehead atoms. The van der Waals surface area contributed by atoms with Crippen molar-refractivity contribution in [1.82, 2.24) is 9.80 Å². The van der Waals surface area contributed by atoms with Crippen molar-refractivity contribution in [3.05, 3.63) is 66.5 Å². The Balaban J connectivity index is 2.28. The molecule has 0 aliphatic carbocycles. The van der Waals surface area contributed by atoms with Crippen molar-refractivity contribution in [2.75, 3.05) is 31.5 Å². The van der Waals surface area contributed by atoms with Gasteiger partial charge in [0.05, 0.1) is 11.3 Å². The van der Waals surface area contributed by atoms with E-state index in [0.717, 1.165) is 12.1 Å². The molecule has 1 aromatic carbocycles. The van der Waals surface area contributed by atoms with E-state index in [1.54, 1.807) is 23.2 Å². The minimum absolute atomic E-state index is 0.118. The van der Waals surface area contributed by atoms with Gasteiger partial charge >= 0.3 is 6.18 Å². The number of rotatable bonds is 6. The molecule has 0 radical (unpaired) electrons. The van der Waals surface area contributed by atoms with Crippen LogP contribution in [0.25, 0.3) is 0 Å². The summed E-state index contributed by atoms with van der Waals surface area (Å²) in [6.07, 6.45) is 2.87. The van der Waals surface area contributed by atoms with Crippen LogP contribution in [0.3, 0.4) is 0 Å². The number of benzene rings is 1. The van der Waals surface area contributed by atoms with Gasteiger partial charge in [-0.2, -0.15) is 13.2 Å². The van der Waals surface area contributed by atoms with Crippen molar-refractivity contribution in [3.63, 3.8) is 0 Å². The van der Waals surface area contributed by atoms with Crippen LogP contribution >= 0.6 is 0 Å². The third-order valence-corrected chi connectivity index (χ3v) is 4.53. The zero-order valence-corrected chi connectivity index (χ0v) is 17.2. The fourth-order valence-corrected chi connectivity index (χ4v) is 3.07. The van der Waals surface area contributed by atoms with Crippen LogP contribution in [-0.4, -0.2) is 47.7 Å². The molecule has 1 heterocycles. The summed E-state index contributed by atoms with van der Waals surface area (Å²) in [7, 11) is 0. The molecule has 0 aromatic heterocycles. The van der Waals surface area contributed by atoms with E-state index in [2.05, 4.69) is 16.9 Å². The lowest BCUT2D eigenvalue weighted by atomic mass is 10.1. The van der Waals surface area contributed by atoms with Gasteiger partial charge in [-0.05, 0) is 37.6 Å². The van der Waals surface area contributed by atoms with Gasteiger partial charge in [-0.25, -0.2) is 4.99 Å². The van der Waals surface area contributed by atoms with Gasteiger partial charge < -0.3 is 15.1 Å². The van der Waals surface area contributed by atoms with Crippen molar-refractivity contribution in [2.45, 2.75) is 26.4 Å². The Hall–Kier alpha value is -3.03. The first-order valence-electron chi connectivity index (χ1n) is 9.80. The molecule has 2 rings (SSSR count). The lowest BCUT2D eigenvalue weighted by molar-refractivity contribution is -0.137. The molecule has 162 valence electrons. The van der Waals surface area contributed by atoms with Crippen LogP contribution < -0.4 is 5.32 Å². The molecular formula is C22H27F3N4O. The van der Waals surface area contributed by atoms with Crippen molar-refractivity contribution in [1.29, 1.82) is 0 Å². The molecule has 1 aliphatic rings. The fourth-order valence-electron chi connectivity index (χ4n) is 3.07. The maximum Gasteiger partial charge on any atom is 0.416 e. The second-order valence-corrected chi connectivity index (χ2v) is 6.68. The number of nitrogens with zero attached hydrogens (tertiary/aromatic N) is 3. The first-order valence-corrected chi connectivity index (χ1v) is 9.80. The molecule has 1 aromatic rings. The molecule has 5 nitrogen and oxygen atoms in total. The Morgan fingerprint density at radius 3 is 2.47 bits per heavy atom. The zero-order valence-electron chi connectivity index (χ0n) is 17.2. The second-order valence-electron chi connectivity index (χ2n) is 6.68. The van der Waals surface area contributed by atoms with Gasteiger partial charge in [0.2, 0.25) is 5.91 Å². The lowest BCUT2D eigenvalue weighted by Gasteiger charge is -2.36. The van der Waals surface area contributed by atoms with E-state index in [9.17, 15) is 18.0 Å². The van der Waals surface area contributed by atoms with Gasteiger partial charge in [-0.15, -0.1) is 0 Å². The number of nitrogens with one attached hydrogen (secondary N) is 1. The Morgan fingerprint density at radius 1 is 1.23 bits per heavy atom. The highest BCUT2D eigenvalue weighted by molar-refractivity contribution is 6.01. The molecule has 0 unspecified atom stereocenters. The maximum atomic E-state index is 13.1. The highest BCUT2D eigenvalue weighted by Crippen LogP contribution is 2.31. The summed E-state index contributed by atoms with van der Waals surface area (Å²) in [5.74, 6) is 0.506. The van der Waals surface area contributed by atoms with Crippen LogP contribution in [0.2, 0.25) is 0 Å². The maximum absolute atomic E-state index is 13.1. The first kappa shape index (κ1) is 23.3. The number of carbonyl (C=O) groups excluding carboxylic acids is 1. The van der Waals surface area contributed by atoms with Gasteiger partial charge in [-0.3, -0.25) is 4.79 Å². The van der Waals surface area contributed by atoms with Crippen molar-refractivity contribution in [3.8, 4) is 0 Å². The number of anilines is 1. The average molecular weight is 420 g/mol. The number of amides is 1. The van der Waals surface area contributed by atoms with Gasteiger partial charge in [0.15, 0.2) is 5.84 Å². The number of allylic oxidation sites excluding steroid dienone is 2. The smallest absolute Gasteiger partial charge is 0.353 e. The van der Waals surface area contributed by atoms with Crippen LogP contribution in [0.5, 0.6) is 0 Å². The molecular weight excluding hydrogens is 393 g/mol. The van der Waals surface area contributed by atoms with Crippen LogP contribution in [0.1, 0.15) is 25.8 Å². The van der Waals surface area contributed by atoms with E-state index in [1.165, 1.54) is 12.1 Å². The normalized spacial score (nSPS) is 16.2. The predicted octanol–water partition coefficient (Wildman–Crippen LogP) is 4.67. The Kier molecular flexibility index (Phi) is 8.26. The van der Waals surface area contributed by atoms with E-state index in [-0.39, 0.29) is 5.91 Å². The fraction of sp³-hybridized carbons (Fsp3) is 0.364. The SMILES string of the molecule is C=CC(=O)N1CCN(C(=N\C=C/C)/C(=C/CC)Nc2cccc(C(F)(F)F)c2)CC1. The molecule has 1 aliphatic heterocycles. The zero-order chi connectivity index (χ0) is 22.1. The van der Waals surface area contributed by atoms with Crippen LogP contribution in [-0.2, 0) is 11.0 Å². The monoisotopic (exact) mass is 420 g/mol. The summed E-state index contributed by atoms with van der Waals surface area (Å²) in [6, 6.07) is 5.08. The number of hydrogen-bond donors (Lipinski definition) is 1. The standard InChI is InChI=1S/C22H27F3N4O/c1-4-8-19(27-18-10-7-9-17(16-18)22(23,24)25)21(26-11-5-2)29-14-12-28(13-15-29)20(30)6-3/h5-11,16,27H,3-4,12-15H2,1-2H3/b11-5-,19-8-,26-21-. The summed E-state index contributed by atoms with van der Waals surface area (Å²) in [5, 5.41) is 3.10. The molecule has 30 heavy (non-hydrogen) atoms. The summed E-state index contributed by atoms with van der Waals surface area (Å²) in [5.41, 5.74) is 0.239. The van der Waals surface area contributed by atoms with Crippen molar-refractivity contribution in [2.24, 2.45) is 4.99 Å². The molecule has 1 saturated heterocycles. The molecule has 1 fully saturated rings. The Bertz CT molecular complexity index is 835. The highest BCUT2D eigenvalue weighted by atomic mass is 19.4. The van der Waals surface area contributed by atoms with Crippen molar-refractivity contribution >= 4 is 17.4 Å². The van der Waals surface area contributed by atoms with Gasteiger partial charge in [0.25, 0.3) is 0 Å². The lowest BCUT2D eigenvalue weighted by Crippen LogP contribution is -2.51. The molecule has 1 N–H and O–H groups in total. The third-order valence-electron chi connectivity index (χ3n) is 4.53. The number of aliphatic imine (C=N–C) groups is 1. The van der Waals surface area contributed by atoms with E-state index >= 15 is 0 Å². The van der Waals surface area contributed by atoms with Gasteiger partial charge in [0, 0.05) is 38.1 Å². The van der Waals surface area contributed by atoms with Gasteiger partial charge in [0.1, 0.15) is 0 Å². The quantitative estimate of drug-likeness (QED) is 0.413.